The van der Waals surface area contributed by atoms with Crippen LogP contribution in [-0.2, 0) is 0 Å². The predicted octanol–water partition coefficient (Wildman–Crippen LogP) is 6.84. The summed E-state index contributed by atoms with van der Waals surface area (Å²) in [7, 11) is 0. The van der Waals surface area contributed by atoms with E-state index in [2.05, 4.69) is 38.2 Å². The average molecular weight is 453 g/mol. The number of carbonyl (C=O) groups excluding carboxylic acids is 1. The van der Waals surface area contributed by atoms with E-state index in [4.69, 9.17) is 0 Å². The minimum Gasteiger partial charge on any atom is -0.340 e. The number of anilines is 6. The Labute approximate surface area is 199 Å². The van der Waals surface area contributed by atoms with Gasteiger partial charge >= 0.3 is 6.03 Å². The van der Waals surface area contributed by atoms with Gasteiger partial charge < -0.3 is 21.3 Å². The largest absolute Gasteiger partial charge is 0.340 e. The van der Waals surface area contributed by atoms with E-state index in [0.717, 1.165) is 33.9 Å². The summed E-state index contributed by atoms with van der Waals surface area (Å²) in [6.07, 6.45) is 0. The van der Waals surface area contributed by atoms with Gasteiger partial charge in [0.2, 0.25) is 5.95 Å². The second-order valence-corrected chi connectivity index (χ2v) is 8.31. The lowest BCUT2D eigenvalue weighted by Gasteiger charge is -2.12. The molecule has 0 saturated carbocycles. The molecule has 0 aliphatic rings. The summed E-state index contributed by atoms with van der Waals surface area (Å²) in [5.41, 5.74) is 7.39. The Morgan fingerprint density at radius 2 is 1.26 bits per heavy atom. The van der Waals surface area contributed by atoms with Gasteiger partial charge in [0.05, 0.1) is 0 Å². The molecule has 3 aromatic carbocycles. The van der Waals surface area contributed by atoms with Crippen molar-refractivity contribution in [2.24, 2.45) is 0 Å². The van der Waals surface area contributed by atoms with Gasteiger partial charge in [-0.05, 0) is 81.3 Å². The van der Waals surface area contributed by atoms with E-state index in [0.29, 0.717) is 17.5 Å². The van der Waals surface area contributed by atoms with Crippen LogP contribution in [0.3, 0.4) is 0 Å². The van der Waals surface area contributed by atoms with Crippen LogP contribution in [0.4, 0.5) is 39.3 Å². The van der Waals surface area contributed by atoms with Crippen LogP contribution in [0.25, 0.3) is 0 Å². The molecule has 2 amide bonds. The van der Waals surface area contributed by atoms with Crippen LogP contribution in [0.2, 0.25) is 0 Å². The van der Waals surface area contributed by atoms with Crippen molar-refractivity contribution in [1.29, 1.82) is 0 Å². The smallest absolute Gasteiger partial charge is 0.323 e. The highest BCUT2D eigenvalue weighted by Crippen LogP contribution is 2.21. The van der Waals surface area contributed by atoms with Crippen molar-refractivity contribution in [2.45, 2.75) is 27.7 Å². The third kappa shape index (κ3) is 6.10. The number of rotatable bonds is 6. The molecule has 4 N–H and O–H groups in total. The van der Waals surface area contributed by atoms with Crippen LogP contribution in [0.5, 0.6) is 0 Å². The zero-order valence-electron chi connectivity index (χ0n) is 19.7. The highest BCUT2D eigenvalue weighted by molar-refractivity contribution is 6.00. The van der Waals surface area contributed by atoms with Crippen LogP contribution >= 0.6 is 0 Å². The van der Waals surface area contributed by atoms with E-state index in [-0.39, 0.29) is 6.03 Å². The van der Waals surface area contributed by atoms with Crippen molar-refractivity contribution < 1.29 is 4.79 Å². The molecule has 172 valence electrons. The van der Waals surface area contributed by atoms with Crippen molar-refractivity contribution in [3.05, 3.63) is 95.2 Å². The molecule has 1 heterocycles. The number of amides is 2. The molecule has 0 aliphatic heterocycles. The number of nitrogens with zero attached hydrogens (tertiary/aromatic N) is 2. The normalized spacial score (nSPS) is 10.5. The molecule has 0 aliphatic carbocycles. The topological polar surface area (TPSA) is 91.0 Å². The maximum Gasteiger partial charge on any atom is 0.323 e. The number of aryl methyl sites for hydroxylation is 4. The molecule has 7 nitrogen and oxygen atoms in total. The van der Waals surface area contributed by atoms with E-state index >= 15 is 0 Å². The molecular formula is C27H28N6O. The maximum atomic E-state index is 12.4. The van der Waals surface area contributed by atoms with Gasteiger partial charge in [-0.3, -0.25) is 0 Å². The SMILES string of the molecule is Cc1ccc(Nc2cc(C)nc(Nc3ccc(NC(=O)Nc4cc(C)ccc4C)cc3)n2)cc1. The van der Waals surface area contributed by atoms with E-state index in [1.165, 1.54) is 5.56 Å². The molecule has 0 unspecified atom stereocenters. The summed E-state index contributed by atoms with van der Waals surface area (Å²) in [5, 5.41) is 12.3. The molecule has 34 heavy (non-hydrogen) atoms. The summed E-state index contributed by atoms with van der Waals surface area (Å²) in [5.74, 6) is 1.20. The number of benzene rings is 3. The van der Waals surface area contributed by atoms with Gasteiger partial charge in [-0.2, -0.15) is 4.98 Å². The van der Waals surface area contributed by atoms with Crippen molar-refractivity contribution >= 4 is 40.5 Å². The van der Waals surface area contributed by atoms with Gasteiger partial charge in [0.1, 0.15) is 5.82 Å². The molecule has 0 saturated heterocycles. The molecule has 0 bridgehead atoms. The van der Waals surface area contributed by atoms with Gasteiger partial charge in [-0.1, -0.05) is 29.8 Å². The number of aromatic nitrogens is 2. The molecular weight excluding hydrogens is 424 g/mol. The number of carbonyl (C=O) groups is 1. The van der Waals surface area contributed by atoms with Crippen LogP contribution in [0, 0.1) is 27.7 Å². The quantitative estimate of drug-likeness (QED) is 0.257. The van der Waals surface area contributed by atoms with Gasteiger partial charge in [-0.25, -0.2) is 9.78 Å². The first-order valence-electron chi connectivity index (χ1n) is 11.1. The Kier molecular flexibility index (Phi) is 6.73. The molecule has 4 aromatic rings. The number of urea groups is 1. The number of hydrogen-bond donors (Lipinski definition) is 4. The molecule has 1 aromatic heterocycles. The predicted molar refractivity (Wildman–Crippen MR) is 140 cm³/mol. The summed E-state index contributed by atoms with van der Waals surface area (Å²) in [6.45, 7) is 7.94. The van der Waals surface area contributed by atoms with Crippen LogP contribution in [0.1, 0.15) is 22.4 Å². The van der Waals surface area contributed by atoms with E-state index in [1.54, 1.807) is 0 Å². The van der Waals surface area contributed by atoms with E-state index < -0.39 is 0 Å². The standard InChI is InChI=1S/C27H28N6O/c1-17-6-9-21(10-7-17)29-25-16-20(4)28-26(33-25)30-22-11-13-23(14-12-22)31-27(34)32-24-15-18(2)5-8-19(24)3/h5-16H,1-4H3,(H2,31,32,34)(H2,28,29,30,33). The first kappa shape index (κ1) is 22.8. The van der Waals surface area contributed by atoms with Crippen molar-refractivity contribution in [2.75, 3.05) is 21.3 Å². The summed E-state index contributed by atoms with van der Waals surface area (Å²) in [4.78, 5) is 21.4. The molecule has 0 atom stereocenters. The Bertz CT molecular complexity index is 1300. The lowest BCUT2D eigenvalue weighted by molar-refractivity contribution is 0.262. The summed E-state index contributed by atoms with van der Waals surface area (Å²) < 4.78 is 0. The van der Waals surface area contributed by atoms with Crippen molar-refractivity contribution in [3.8, 4) is 0 Å². The second-order valence-electron chi connectivity index (χ2n) is 8.31. The number of nitrogens with one attached hydrogen (secondary N) is 4. The van der Waals surface area contributed by atoms with Crippen molar-refractivity contribution in [3.63, 3.8) is 0 Å². The molecule has 0 fully saturated rings. The zero-order chi connectivity index (χ0) is 24.1. The minimum absolute atomic E-state index is 0.289. The molecule has 7 heteroatoms. The number of hydrogen-bond acceptors (Lipinski definition) is 5. The van der Waals surface area contributed by atoms with Gasteiger partial charge in [0.25, 0.3) is 0 Å². The molecule has 0 spiro atoms. The fraction of sp³-hybridized carbons (Fsp3) is 0.148. The lowest BCUT2D eigenvalue weighted by atomic mass is 10.1. The Morgan fingerprint density at radius 1 is 0.647 bits per heavy atom. The Balaban J connectivity index is 1.39. The Hall–Kier alpha value is -4.39. The third-order valence-electron chi connectivity index (χ3n) is 5.22. The zero-order valence-corrected chi connectivity index (χ0v) is 19.7. The van der Waals surface area contributed by atoms with Crippen molar-refractivity contribution in [1.82, 2.24) is 9.97 Å². The molecule has 0 radical (unpaired) electrons. The Morgan fingerprint density at radius 3 is 2.00 bits per heavy atom. The average Bonchev–Trinajstić information content (AvgIpc) is 2.79. The fourth-order valence-electron chi connectivity index (χ4n) is 3.39. The van der Waals surface area contributed by atoms with Gasteiger partial charge in [0.15, 0.2) is 0 Å². The minimum atomic E-state index is -0.289. The van der Waals surface area contributed by atoms with E-state index in [9.17, 15) is 4.79 Å². The second kappa shape index (κ2) is 10.0. The highest BCUT2D eigenvalue weighted by Gasteiger charge is 2.07. The van der Waals surface area contributed by atoms with Crippen LogP contribution in [0.15, 0.2) is 72.8 Å². The monoisotopic (exact) mass is 452 g/mol. The lowest BCUT2D eigenvalue weighted by Crippen LogP contribution is -2.20. The maximum absolute atomic E-state index is 12.4. The van der Waals surface area contributed by atoms with Gasteiger partial charge in [-0.15, -0.1) is 0 Å². The molecule has 4 rings (SSSR count). The van der Waals surface area contributed by atoms with Crippen LogP contribution in [-0.4, -0.2) is 16.0 Å². The fourth-order valence-corrected chi connectivity index (χ4v) is 3.39. The summed E-state index contributed by atoms with van der Waals surface area (Å²) >= 11 is 0. The summed E-state index contributed by atoms with van der Waals surface area (Å²) in [6, 6.07) is 23.1. The third-order valence-corrected chi connectivity index (χ3v) is 5.22. The first-order chi connectivity index (χ1) is 16.3. The van der Waals surface area contributed by atoms with E-state index in [1.807, 2.05) is 93.6 Å². The van der Waals surface area contributed by atoms with Crippen LogP contribution < -0.4 is 21.3 Å². The highest BCUT2D eigenvalue weighted by atomic mass is 16.2. The first-order valence-corrected chi connectivity index (χ1v) is 11.1. The van der Waals surface area contributed by atoms with Gasteiger partial charge in [0, 0.05) is 34.5 Å².